The minimum absolute atomic E-state index is 0.0311. The number of amides is 1. The molecule has 1 aromatic carbocycles. The van der Waals surface area contributed by atoms with Crippen LogP contribution in [0.25, 0.3) is 0 Å². The predicted octanol–water partition coefficient (Wildman–Crippen LogP) is 1.23. The van der Waals surface area contributed by atoms with Gasteiger partial charge in [-0.2, -0.15) is 0 Å². The lowest BCUT2D eigenvalue weighted by Crippen LogP contribution is -2.29. The third-order valence-electron chi connectivity index (χ3n) is 1.87. The molecule has 0 saturated heterocycles. The average Bonchev–Trinajstić information content (AvgIpc) is 2.27. The molecule has 1 rings (SSSR count). The molecule has 80 valence electrons. The Morgan fingerprint density at radius 2 is 1.93 bits per heavy atom. The monoisotopic (exact) mass is 223 g/mol. The highest BCUT2D eigenvalue weighted by molar-refractivity contribution is 8.13. The number of hydrogen-bond donors (Lipinski definition) is 1. The van der Waals surface area contributed by atoms with E-state index in [4.69, 9.17) is 0 Å². The number of carbonyl (C=O) groups excluding carboxylic acids is 2. The van der Waals surface area contributed by atoms with Crippen LogP contribution in [0.4, 0.5) is 0 Å². The van der Waals surface area contributed by atoms with Gasteiger partial charge >= 0.3 is 0 Å². The summed E-state index contributed by atoms with van der Waals surface area (Å²) in [5, 5.41) is 2.54. The van der Waals surface area contributed by atoms with Crippen LogP contribution in [0.15, 0.2) is 30.3 Å². The maximum Gasteiger partial charge on any atom is 0.224 e. The third-order valence-corrected chi connectivity index (χ3v) is 2.46. The zero-order valence-corrected chi connectivity index (χ0v) is 9.34. The molecule has 0 saturated carbocycles. The summed E-state index contributed by atoms with van der Waals surface area (Å²) in [6, 6.07) is 9.44. The molecule has 0 unspecified atom stereocenters. The second-order valence-electron chi connectivity index (χ2n) is 3.02. The van der Waals surface area contributed by atoms with Crippen molar-refractivity contribution in [2.24, 2.45) is 0 Å². The number of nitrogens with one attached hydrogen (secondary N) is 1. The Labute approximate surface area is 93.3 Å². The van der Waals surface area contributed by atoms with Gasteiger partial charge < -0.3 is 5.32 Å². The van der Waals surface area contributed by atoms with Crippen molar-refractivity contribution >= 4 is 22.8 Å². The van der Waals surface area contributed by atoms with Crippen LogP contribution < -0.4 is 5.32 Å². The summed E-state index contributed by atoms with van der Waals surface area (Å²) in [4.78, 5) is 22.3. The first-order valence-electron chi connectivity index (χ1n) is 4.60. The largest absolute Gasteiger partial charge is 0.348 e. The molecule has 1 aromatic rings. The second-order valence-corrected chi connectivity index (χ2v) is 3.88. The van der Waals surface area contributed by atoms with E-state index in [0.29, 0.717) is 6.42 Å². The summed E-state index contributed by atoms with van der Waals surface area (Å²) < 4.78 is 0. The number of hydrogen-bond acceptors (Lipinski definition) is 3. The van der Waals surface area contributed by atoms with Gasteiger partial charge in [0.25, 0.3) is 0 Å². The predicted molar refractivity (Wildman–Crippen MR) is 61.7 cm³/mol. The molecule has 0 radical (unpaired) electrons. The van der Waals surface area contributed by atoms with E-state index in [2.05, 4.69) is 5.32 Å². The molecule has 0 aliphatic heterocycles. The summed E-state index contributed by atoms with van der Waals surface area (Å²) in [5.41, 5.74) is 0.951. The van der Waals surface area contributed by atoms with Crippen molar-refractivity contribution in [2.45, 2.75) is 6.42 Å². The molecule has 0 aromatic heterocycles. The fourth-order valence-corrected chi connectivity index (χ4v) is 1.30. The van der Waals surface area contributed by atoms with Crippen molar-refractivity contribution in [3.05, 3.63) is 35.9 Å². The summed E-state index contributed by atoms with van der Waals surface area (Å²) in [7, 11) is 0. The SMILES string of the molecule is CSC(=O)CNC(=O)Cc1ccccc1. The number of rotatable bonds is 4. The Hall–Kier alpha value is -1.29. The highest BCUT2D eigenvalue weighted by atomic mass is 32.2. The van der Waals surface area contributed by atoms with Crippen LogP contribution in [0.1, 0.15) is 5.56 Å². The molecule has 0 aliphatic carbocycles. The third kappa shape index (κ3) is 4.65. The van der Waals surface area contributed by atoms with Crippen LogP contribution in [0.2, 0.25) is 0 Å². The van der Waals surface area contributed by atoms with Crippen LogP contribution in [-0.4, -0.2) is 23.8 Å². The number of thioether (sulfide) groups is 1. The second kappa shape index (κ2) is 6.24. The molecular formula is C11H13NO2S. The summed E-state index contributed by atoms with van der Waals surface area (Å²) in [6.07, 6.45) is 2.02. The first-order chi connectivity index (χ1) is 7.22. The van der Waals surface area contributed by atoms with E-state index in [-0.39, 0.29) is 17.6 Å². The molecule has 1 N–H and O–H groups in total. The van der Waals surface area contributed by atoms with Crippen molar-refractivity contribution in [2.75, 3.05) is 12.8 Å². The smallest absolute Gasteiger partial charge is 0.224 e. The summed E-state index contributed by atoms with van der Waals surface area (Å²) in [5.74, 6) is -0.122. The standard InChI is InChI=1S/C11H13NO2S/c1-15-11(14)8-12-10(13)7-9-5-3-2-4-6-9/h2-6H,7-8H2,1H3,(H,12,13). The average molecular weight is 223 g/mol. The Morgan fingerprint density at radius 1 is 1.27 bits per heavy atom. The van der Waals surface area contributed by atoms with Gasteiger partial charge in [0.05, 0.1) is 13.0 Å². The van der Waals surface area contributed by atoms with Crippen LogP contribution in [0.3, 0.4) is 0 Å². The molecule has 0 aliphatic rings. The lowest BCUT2D eigenvalue weighted by molar-refractivity contribution is -0.122. The molecule has 0 heterocycles. The van der Waals surface area contributed by atoms with Gasteiger partial charge in [-0.15, -0.1) is 0 Å². The van der Waals surface area contributed by atoms with Crippen LogP contribution in [0.5, 0.6) is 0 Å². The minimum atomic E-state index is -0.122. The zero-order chi connectivity index (χ0) is 11.1. The Balaban J connectivity index is 2.34. The fourth-order valence-electron chi connectivity index (χ4n) is 1.09. The van der Waals surface area contributed by atoms with Crippen LogP contribution in [0, 0.1) is 0 Å². The topological polar surface area (TPSA) is 46.2 Å². The maximum absolute atomic E-state index is 11.4. The normalized spacial score (nSPS) is 9.67. The van der Waals surface area contributed by atoms with Gasteiger partial charge in [-0.05, 0) is 11.8 Å². The lowest BCUT2D eigenvalue weighted by Gasteiger charge is -2.03. The van der Waals surface area contributed by atoms with Gasteiger partial charge in [0.15, 0.2) is 0 Å². The number of carbonyl (C=O) groups is 2. The van der Waals surface area contributed by atoms with E-state index in [1.54, 1.807) is 6.26 Å². The van der Waals surface area contributed by atoms with Crippen molar-refractivity contribution in [1.29, 1.82) is 0 Å². The van der Waals surface area contributed by atoms with Gasteiger partial charge in [-0.25, -0.2) is 0 Å². The van der Waals surface area contributed by atoms with Crippen molar-refractivity contribution in [3.63, 3.8) is 0 Å². The summed E-state index contributed by atoms with van der Waals surface area (Å²) in [6.45, 7) is 0.104. The first-order valence-corrected chi connectivity index (χ1v) is 5.82. The van der Waals surface area contributed by atoms with Crippen molar-refractivity contribution < 1.29 is 9.59 Å². The Morgan fingerprint density at radius 3 is 2.53 bits per heavy atom. The molecule has 0 atom stereocenters. The molecule has 0 bridgehead atoms. The van der Waals surface area contributed by atoms with Gasteiger partial charge in [-0.3, -0.25) is 9.59 Å². The van der Waals surface area contributed by atoms with Crippen molar-refractivity contribution in [3.8, 4) is 0 Å². The quantitative estimate of drug-likeness (QED) is 0.835. The van der Waals surface area contributed by atoms with Crippen LogP contribution in [-0.2, 0) is 16.0 Å². The maximum atomic E-state index is 11.4. The molecule has 0 fully saturated rings. The molecular weight excluding hydrogens is 210 g/mol. The molecule has 4 heteroatoms. The van der Waals surface area contributed by atoms with E-state index in [1.807, 2.05) is 30.3 Å². The molecule has 3 nitrogen and oxygen atoms in total. The van der Waals surface area contributed by atoms with Gasteiger partial charge in [0, 0.05) is 0 Å². The van der Waals surface area contributed by atoms with Gasteiger partial charge in [0.1, 0.15) is 0 Å². The first kappa shape index (κ1) is 11.8. The van der Waals surface area contributed by atoms with E-state index in [9.17, 15) is 9.59 Å². The Kier molecular flexibility index (Phi) is 4.90. The highest BCUT2D eigenvalue weighted by Gasteiger charge is 2.04. The van der Waals surface area contributed by atoms with Gasteiger partial charge in [0.2, 0.25) is 11.0 Å². The molecule has 1 amide bonds. The summed E-state index contributed by atoms with van der Waals surface area (Å²) >= 11 is 1.12. The van der Waals surface area contributed by atoms with E-state index in [1.165, 1.54) is 0 Å². The van der Waals surface area contributed by atoms with E-state index < -0.39 is 0 Å². The molecule has 15 heavy (non-hydrogen) atoms. The highest BCUT2D eigenvalue weighted by Crippen LogP contribution is 1.99. The number of benzene rings is 1. The minimum Gasteiger partial charge on any atom is -0.348 e. The zero-order valence-electron chi connectivity index (χ0n) is 8.53. The molecule has 0 spiro atoms. The van der Waals surface area contributed by atoms with E-state index >= 15 is 0 Å². The van der Waals surface area contributed by atoms with Gasteiger partial charge in [-0.1, -0.05) is 42.1 Å². The van der Waals surface area contributed by atoms with E-state index in [0.717, 1.165) is 17.3 Å². The Bertz CT molecular complexity index is 338. The lowest BCUT2D eigenvalue weighted by atomic mass is 10.1. The fraction of sp³-hybridized carbons (Fsp3) is 0.273. The van der Waals surface area contributed by atoms with Crippen molar-refractivity contribution in [1.82, 2.24) is 5.32 Å². The van der Waals surface area contributed by atoms with Crippen LogP contribution >= 0.6 is 11.8 Å².